The number of halogens is 6. The van der Waals surface area contributed by atoms with Gasteiger partial charge in [0.1, 0.15) is 12.9 Å². The minimum atomic E-state index is -5.09. The molecular formula is C18H17F6N7O2. The van der Waals surface area contributed by atoms with Crippen molar-refractivity contribution in [3.63, 3.8) is 0 Å². The smallest absolute Gasteiger partial charge is 0.342 e. The normalized spacial score (nSPS) is 16.0. The van der Waals surface area contributed by atoms with Crippen LogP contribution in [0.15, 0.2) is 29.6 Å². The minimum absolute atomic E-state index is 0.0279. The second-order valence-corrected chi connectivity index (χ2v) is 7.19. The van der Waals surface area contributed by atoms with Crippen LogP contribution in [-0.4, -0.2) is 63.1 Å². The number of likely N-dealkylation sites (N-methyl/N-ethyl adjacent to an activating group) is 2. The number of hydrazone groups is 1. The molecule has 2 amide bonds. The highest BCUT2D eigenvalue weighted by Gasteiger charge is 2.37. The van der Waals surface area contributed by atoms with E-state index in [1.165, 1.54) is 23.6 Å². The Balaban J connectivity index is 1.91. The van der Waals surface area contributed by atoms with E-state index in [1.54, 1.807) is 7.05 Å². The molecule has 0 bridgehead atoms. The van der Waals surface area contributed by atoms with E-state index >= 15 is 0 Å². The maximum atomic E-state index is 13.1. The number of carbonyl (C=O) groups is 2. The van der Waals surface area contributed by atoms with Gasteiger partial charge in [0.25, 0.3) is 11.8 Å². The summed E-state index contributed by atoms with van der Waals surface area (Å²) in [7, 11) is 2.97. The molecule has 15 heteroatoms. The SMILES string of the molecule is CC(NC(=O)c1cc(C(F)(F)F)cc(C(F)(F)F)c1)c1ncnn1C1=NN(C)C(=O)CN1C. The number of amides is 2. The Hall–Kier alpha value is -3.65. The fraction of sp³-hybridized carbons (Fsp3) is 0.389. The maximum Gasteiger partial charge on any atom is 0.416 e. The zero-order chi connectivity index (χ0) is 24.7. The molecule has 2 heterocycles. The molecule has 0 saturated carbocycles. The molecule has 0 radical (unpaired) electrons. The third-order valence-electron chi connectivity index (χ3n) is 4.66. The molecule has 1 aromatic heterocycles. The highest BCUT2D eigenvalue weighted by molar-refractivity contribution is 5.95. The van der Waals surface area contributed by atoms with Gasteiger partial charge in [-0.3, -0.25) is 9.59 Å². The van der Waals surface area contributed by atoms with E-state index in [2.05, 4.69) is 20.5 Å². The van der Waals surface area contributed by atoms with E-state index in [0.717, 1.165) is 11.3 Å². The quantitative estimate of drug-likeness (QED) is 0.685. The Kier molecular flexibility index (Phi) is 6.08. The van der Waals surface area contributed by atoms with Crippen molar-refractivity contribution in [1.29, 1.82) is 0 Å². The monoisotopic (exact) mass is 477 g/mol. The summed E-state index contributed by atoms with van der Waals surface area (Å²) in [5.41, 5.74) is -4.04. The number of rotatable bonds is 3. The lowest BCUT2D eigenvalue weighted by molar-refractivity contribution is -0.143. The molecule has 0 spiro atoms. The molecule has 3 rings (SSSR count). The molecule has 1 unspecified atom stereocenters. The zero-order valence-electron chi connectivity index (χ0n) is 17.4. The van der Waals surface area contributed by atoms with Crippen molar-refractivity contribution in [3.05, 3.63) is 47.0 Å². The molecule has 1 N–H and O–H groups in total. The van der Waals surface area contributed by atoms with Crippen LogP contribution < -0.4 is 5.32 Å². The van der Waals surface area contributed by atoms with Crippen molar-refractivity contribution in [2.45, 2.75) is 25.3 Å². The van der Waals surface area contributed by atoms with Crippen LogP contribution in [0.1, 0.15) is 40.3 Å². The summed E-state index contributed by atoms with van der Waals surface area (Å²) in [6, 6.07) is -0.391. The largest absolute Gasteiger partial charge is 0.416 e. The minimum Gasteiger partial charge on any atom is -0.342 e. The third-order valence-corrected chi connectivity index (χ3v) is 4.66. The van der Waals surface area contributed by atoms with Crippen LogP contribution in [0, 0.1) is 0 Å². The lowest BCUT2D eigenvalue weighted by Gasteiger charge is -2.29. The average Bonchev–Trinajstić information content (AvgIpc) is 3.18. The molecule has 1 aromatic carbocycles. The van der Waals surface area contributed by atoms with Gasteiger partial charge in [-0.05, 0) is 25.1 Å². The van der Waals surface area contributed by atoms with Gasteiger partial charge in [-0.15, -0.1) is 5.10 Å². The molecule has 1 aliphatic rings. The topological polar surface area (TPSA) is 95.7 Å². The van der Waals surface area contributed by atoms with Gasteiger partial charge in [0, 0.05) is 19.7 Å². The predicted molar refractivity (Wildman–Crippen MR) is 101 cm³/mol. The molecular weight excluding hydrogens is 460 g/mol. The summed E-state index contributed by atoms with van der Waals surface area (Å²) in [5.74, 6) is -1.22. The van der Waals surface area contributed by atoms with Crippen molar-refractivity contribution < 1.29 is 35.9 Å². The van der Waals surface area contributed by atoms with Gasteiger partial charge in [0.15, 0.2) is 5.82 Å². The number of hydrogen-bond acceptors (Lipinski definition) is 6. The van der Waals surface area contributed by atoms with Gasteiger partial charge in [-0.1, -0.05) is 0 Å². The Morgan fingerprint density at radius 2 is 1.64 bits per heavy atom. The van der Waals surface area contributed by atoms with Crippen LogP contribution in [0.25, 0.3) is 0 Å². The number of hydrogen-bond donors (Lipinski definition) is 1. The van der Waals surface area contributed by atoms with E-state index in [4.69, 9.17) is 0 Å². The zero-order valence-corrected chi connectivity index (χ0v) is 17.4. The fourth-order valence-electron chi connectivity index (χ4n) is 2.98. The van der Waals surface area contributed by atoms with Crippen LogP contribution in [0.4, 0.5) is 26.3 Å². The third kappa shape index (κ3) is 5.06. The molecule has 2 aromatic rings. The molecule has 1 atom stereocenters. The molecule has 0 aliphatic carbocycles. The molecule has 1 aliphatic heterocycles. The van der Waals surface area contributed by atoms with Gasteiger partial charge in [0.05, 0.1) is 17.2 Å². The standard InChI is InChI=1S/C18H17F6N7O2/c1-9(14-25-8-26-31(14)16-28-30(3)13(32)7-29(16)2)27-15(33)10-4-11(17(19,20)21)6-12(5-10)18(22,23)24/h4-6,8-9H,7H2,1-3H3,(H,27,33). The lowest BCUT2D eigenvalue weighted by atomic mass is 10.0. The highest BCUT2D eigenvalue weighted by Crippen LogP contribution is 2.36. The van der Waals surface area contributed by atoms with Crippen LogP contribution in [0.5, 0.6) is 0 Å². The molecule has 0 saturated heterocycles. The fourth-order valence-corrected chi connectivity index (χ4v) is 2.98. The van der Waals surface area contributed by atoms with E-state index in [1.807, 2.05) is 0 Å². The van der Waals surface area contributed by atoms with Gasteiger partial charge in [0.2, 0.25) is 5.96 Å². The van der Waals surface area contributed by atoms with Crippen LogP contribution in [-0.2, 0) is 17.1 Å². The summed E-state index contributed by atoms with van der Waals surface area (Å²) in [6.45, 7) is 1.38. The van der Waals surface area contributed by atoms with E-state index in [0.29, 0.717) is 12.1 Å². The average molecular weight is 477 g/mol. The summed E-state index contributed by atoms with van der Waals surface area (Å²) < 4.78 is 79.6. The van der Waals surface area contributed by atoms with Gasteiger partial charge < -0.3 is 10.2 Å². The predicted octanol–water partition coefficient (Wildman–Crippen LogP) is 2.33. The van der Waals surface area contributed by atoms with Gasteiger partial charge in [-0.25, -0.2) is 9.99 Å². The first-order chi connectivity index (χ1) is 15.2. The second-order valence-electron chi connectivity index (χ2n) is 7.19. The highest BCUT2D eigenvalue weighted by atomic mass is 19.4. The Bertz CT molecular complexity index is 1080. The first-order valence-electron chi connectivity index (χ1n) is 9.25. The molecule has 9 nitrogen and oxygen atoms in total. The summed E-state index contributed by atoms with van der Waals surface area (Å²) in [5, 5.41) is 11.5. The van der Waals surface area contributed by atoms with Crippen LogP contribution in [0.3, 0.4) is 0 Å². The summed E-state index contributed by atoms with van der Waals surface area (Å²) in [4.78, 5) is 29.8. The van der Waals surface area contributed by atoms with E-state index in [-0.39, 0.29) is 30.3 Å². The van der Waals surface area contributed by atoms with Crippen LogP contribution >= 0.6 is 0 Å². The van der Waals surface area contributed by atoms with Crippen molar-refractivity contribution in [2.75, 3.05) is 20.6 Å². The summed E-state index contributed by atoms with van der Waals surface area (Å²) >= 11 is 0. The number of aromatic nitrogens is 3. The molecule has 178 valence electrons. The maximum absolute atomic E-state index is 13.1. The molecule has 33 heavy (non-hydrogen) atoms. The number of nitrogens with zero attached hydrogens (tertiary/aromatic N) is 6. The van der Waals surface area contributed by atoms with Crippen molar-refractivity contribution in [1.82, 2.24) is 30.0 Å². The van der Waals surface area contributed by atoms with Crippen molar-refractivity contribution in [2.24, 2.45) is 5.10 Å². The van der Waals surface area contributed by atoms with Crippen molar-refractivity contribution in [3.8, 4) is 0 Å². The first-order valence-corrected chi connectivity index (χ1v) is 9.25. The van der Waals surface area contributed by atoms with Crippen molar-refractivity contribution >= 4 is 17.8 Å². The van der Waals surface area contributed by atoms with E-state index < -0.39 is 41.0 Å². The van der Waals surface area contributed by atoms with Gasteiger partial charge in [-0.2, -0.15) is 36.1 Å². The number of benzene rings is 1. The van der Waals surface area contributed by atoms with Gasteiger partial charge >= 0.3 is 12.4 Å². The Labute approximate surface area is 182 Å². The Morgan fingerprint density at radius 1 is 1.06 bits per heavy atom. The Morgan fingerprint density at radius 3 is 2.18 bits per heavy atom. The second kappa shape index (κ2) is 8.37. The number of alkyl halides is 6. The first kappa shape index (κ1) is 24.0. The number of carbonyl (C=O) groups excluding carboxylic acids is 2. The molecule has 0 fully saturated rings. The summed E-state index contributed by atoms with van der Waals surface area (Å²) in [6.07, 6.45) is -9.05. The number of nitrogens with one attached hydrogen (secondary N) is 1. The lowest BCUT2D eigenvalue weighted by Crippen LogP contribution is -2.47. The van der Waals surface area contributed by atoms with E-state index in [9.17, 15) is 35.9 Å². The van der Waals surface area contributed by atoms with Crippen LogP contribution in [0.2, 0.25) is 0 Å².